The monoisotopic (exact) mass is 337 g/mol. The summed E-state index contributed by atoms with van der Waals surface area (Å²) in [6.45, 7) is 9.44. The number of piperazine rings is 1. The lowest BCUT2D eigenvalue weighted by atomic mass is 9.98. The molecule has 0 spiro atoms. The molecular weight excluding hydrogens is 306 g/mol. The van der Waals surface area contributed by atoms with Gasteiger partial charge in [-0.1, -0.05) is 0 Å². The molecule has 0 unspecified atom stereocenters. The first-order chi connectivity index (χ1) is 11.2. The summed E-state index contributed by atoms with van der Waals surface area (Å²) in [5.74, 6) is 0. The van der Waals surface area contributed by atoms with Crippen molar-refractivity contribution in [2.75, 3.05) is 46.4 Å². The Balaban J connectivity index is 1.60. The molecule has 0 radical (unpaired) electrons. The molecule has 0 amide bonds. The molecule has 1 atom stereocenters. The minimum atomic E-state index is 0.305. The fraction of sp³-hybridized carbons (Fsp3) is 0.778. The van der Waals surface area contributed by atoms with E-state index in [1.54, 1.807) is 0 Å². The molecular formula is C18H31N3OS. The average molecular weight is 338 g/mol. The van der Waals surface area contributed by atoms with Gasteiger partial charge in [0, 0.05) is 49.7 Å². The number of piperidine rings is 1. The second-order valence-electron chi connectivity index (χ2n) is 7.20. The average Bonchev–Trinajstić information content (AvgIpc) is 2.94. The van der Waals surface area contributed by atoms with Gasteiger partial charge in [0.2, 0.25) is 0 Å². The van der Waals surface area contributed by atoms with Gasteiger partial charge in [-0.3, -0.25) is 9.80 Å². The lowest BCUT2D eigenvalue weighted by Gasteiger charge is -2.47. The van der Waals surface area contributed by atoms with Gasteiger partial charge >= 0.3 is 0 Å². The van der Waals surface area contributed by atoms with Crippen molar-refractivity contribution in [3.63, 3.8) is 0 Å². The number of aliphatic hydroxyl groups excluding tert-OH is 1. The van der Waals surface area contributed by atoms with Crippen molar-refractivity contribution in [2.45, 2.75) is 44.8 Å². The Morgan fingerprint density at radius 2 is 2.00 bits per heavy atom. The Morgan fingerprint density at radius 1 is 1.22 bits per heavy atom. The number of nitrogens with zero attached hydrogens (tertiary/aromatic N) is 3. The molecule has 5 heteroatoms. The summed E-state index contributed by atoms with van der Waals surface area (Å²) in [6.07, 6.45) is 3.47. The first-order valence-electron chi connectivity index (χ1n) is 8.98. The van der Waals surface area contributed by atoms with E-state index in [-0.39, 0.29) is 0 Å². The third kappa shape index (κ3) is 4.34. The first-order valence-corrected chi connectivity index (χ1v) is 9.86. The van der Waals surface area contributed by atoms with E-state index in [0.29, 0.717) is 18.7 Å². The Morgan fingerprint density at radius 3 is 2.65 bits per heavy atom. The normalized spacial score (nSPS) is 26.0. The molecule has 1 aromatic rings. The Hall–Kier alpha value is -0.460. The SMILES string of the molecule is Cc1ccsc1CN1CCN(C2CCN(C)CC2)[C@@H](CCO)C1. The highest BCUT2D eigenvalue weighted by atomic mass is 32.1. The maximum atomic E-state index is 9.51. The summed E-state index contributed by atoms with van der Waals surface area (Å²) in [4.78, 5) is 9.24. The molecule has 23 heavy (non-hydrogen) atoms. The highest BCUT2D eigenvalue weighted by molar-refractivity contribution is 7.10. The number of thiophene rings is 1. The number of hydrogen-bond acceptors (Lipinski definition) is 5. The van der Waals surface area contributed by atoms with Crippen LogP contribution < -0.4 is 0 Å². The van der Waals surface area contributed by atoms with Crippen LogP contribution >= 0.6 is 11.3 Å². The molecule has 0 aliphatic carbocycles. The predicted molar refractivity (Wildman–Crippen MR) is 97.0 cm³/mol. The molecule has 3 rings (SSSR count). The highest BCUT2D eigenvalue weighted by Gasteiger charge is 2.33. The van der Waals surface area contributed by atoms with Crippen LogP contribution in [-0.4, -0.2) is 78.3 Å². The van der Waals surface area contributed by atoms with Gasteiger partial charge < -0.3 is 10.0 Å². The summed E-state index contributed by atoms with van der Waals surface area (Å²) < 4.78 is 0. The molecule has 2 saturated heterocycles. The summed E-state index contributed by atoms with van der Waals surface area (Å²) in [7, 11) is 2.22. The van der Waals surface area contributed by atoms with Crippen molar-refractivity contribution in [2.24, 2.45) is 0 Å². The van der Waals surface area contributed by atoms with Gasteiger partial charge in [-0.25, -0.2) is 0 Å². The van der Waals surface area contributed by atoms with Crippen molar-refractivity contribution in [1.82, 2.24) is 14.7 Å². The van der Waals surface area contributed by atoms with E-state index in [1.807, 2.05) is 11.3 Å². The molecule has 130 valence electrons. The van der Waals surface area contributed by atoms with Gasteiger partial charge in [0.05, 0.1) is 0 Å². The fourth-order valence-electron chi connectivity index (χ4n) is 4.06. The lowest BCUT2D eigenvalue weighted by Crippen LogP contribution is -2.58. The number of rotatable bonds is 5. The van der Waals surface area contributed by atoms with Crippen LogP contribution in [0.25, 0.3) is 0 Å². The second-order valence-corrected chi connectivity index (χ2v) is 8.20. The van der Waals surface area contributed by atoms with Gasteiger partial charge in [0.15, 0.2) is 0 Å². The van der Waals surface area contributed by atoms with E-state index in [2.05, 4.69) is 40.1 Å². The van der Waals surface area contributed by atoms with E-state index in [4.69, 9.17) is 0 Å². The smallest absolute Gasteiger partial charge is 0.0446 e. The zero-order valence-corrected chi connectivity index (χ0v) is 15.4. The van der Waals surface area contributed by atoms with Gasteiger partial charge in [-0.05, 0) is 63.3 Å². The predicted octanol–water partition coefficient (Wildman–Crippen LogP) is 2.02. The van der Waals surface area contributed by atoms with Gasteiger partial charge in [-0.2, -0.15) is 0 Å². The van der Waals surface area contributed by atoms with E-state index in [1.165, 1.54) is 36.4 Å². The standard InChI is InChI=1S/C18H31N3OS/c1-15-6-12-23-18(15)14-20-9-10-21(17(13-20)5-11-22)16-3-7-19(2)8-4-16/h6,12,16-17,22H,3-5,7-11,13-14H2,1-2H3/t17-/m0/s1. The third-order valence-corrected chi connectivity index (χ3v) is 6.57. The van der Waals surface area contributed by atoms with Gasteiger partial charge in [-0.15, -0.1) is 11.3 Å². The summed E-state index contributed by atoms with van der Waals surface area (Å²) >= 11 is 1.88. The van der Waals surface area contributed by atoms with E-state index in [9.17, 15) is 5.11 Å². The minimum absolute atomic E-state index is 0.305. The zero-order valence-electron chi connectivity index (χ0n) is 14.6. The van der Waals surface area contributed by atoms with E-state index < -0.39 is 0 Å². The topological polar surface area (TPSA) is 30.0 Å². The largest absolute Gasteiger partial charge is 0.396 e. The molecule has 1 N–H and O–H groups in total. The molecule has 2 aliphatic rings. The molecule has 2 fully saturated rings. The summed E-state index contributed by atoms with van der Waals surface area (Å²) in [6, 6.07) is 3.45. The quantitative estimate of drug-likeness (QED) is 0.890. The number of aliphatic hydroxyl groups is 1. The van der Waals surface area contributed by atoms with Gasteiger partial charge in [0.25, 0.3) is 0 Å². The maximum absolute atomic E-state index is 9.51. The molecule has 1 aromatic heterocycles. The number of aryl methyl sites for hydroxylation is 1. The van der Waals surface area contributed by atoms with Crippen molar-refractivity contribution in [3.05, 3.63) is 21.9 Å². The van der Waals surface area contributed by atoms with Crippen LogP contribution in [-0.2, 0) is 6.54 Å². The molecule has 3 heterocycles. The minimum Gasteiger partial charge on any atom is -0.396 e. The third-order valence-electron chi connectivity index (χ3n) is 5.57. The lowest BCUT2D eigenvalue weighted by molar-refractivity contribution is 0.00624. The Labute approximate surface area is 144 Å². The molecule has 0 aromatic carbocycles. The zero-order chi connectivity index (χ0) is 16.2. The van der Waals surface area contributed by atoms with Crippen LogP contribution in [0.4, 0.5) is 0 Å². The summed E-state index contributed by atoms with van der Waals surface area (Å²) in [5, 5.41) is 11.7. The molecule has 0 bridgehead atoms. The van der Waals surface area contributed by atoms with Crippen LogP contribution in [0.5, 0.6) is 0 Å². The Kier molecular flexibility index (Phi) is 6.10. The summed E-state index contributed by atoms with van der Waals surface area (Å²) in [5.41, 5.74) is 1.42. The number of hydrogen-bond donors (Lipinski definition) is 1. The first kappa shape index (κ1) is 17.4. The van der Waals surface area contributed by atoms with Crippen LogP contribution in [0.1, 0.15) is 29.7 Å². The van der Waals surface area contributed by atoms with Gasteiger partial charge in [0.1, 0.15) is 0 Å². The van der Waals surface area contributed by atoms with Crippen LogP contribution in [0.15, 0.2) is 11.4 Å². The van der Waals surface area contributed by atoms with E-state index in [0.717, 1.165) is 32.6 Å². The van der Waals surface area contributed by atoms with E-state index >= 15 is 0 Å². The molecule has 2 aliphatic heterocycles. The van der Waals surface area contributed by atoms with Crippen molar-refractivity contribution < 1.29 is 5.11 Å². The van der Waals surface area contributed by atoms with Crippen LogP contribution in [0.2, 0.25) is 0 Å². The van der Waals surface area contributed by atoms with Crippen LogP contribution in [0.3, 0.4) is 0 Å². The fourth-order valence-corrected chi connectivity index (χ4v) is 5.01. The molecule has 4 nitrogen and oxygen atoms in total. The number of likely N-dealkylation sites (tertiary alicyclic amines) is 1. The van der Waals surface area contributed by atoms with Crippen molar-refractivity contribution in [3.8, 4) is 0 Å². The van der Waals surface area contributed by atoms with Crippen LogP contribution in [0, 0.1) is 6.92 Å². The second kappa shape index (κ2) is 8.08. The van der Waals surface area contributed by atoms with Crippen molar-refractivity contribution in [1.29, 1.82) is 0 Å². The molecule has 0 saturated carbocycles. The Bertz CT molecular complexity index is 484. The maximum Gasteiger partial charge on any atom is 0.0446 e. The highest BCUT2D eigenvalue weighted by Crippen LogP contribution is 2.25. The van der Waals surface area contributed by atoms with Crippen molar-refractivity contribution >= 4 is 11.3 Å².